The number of hydrogen-bond donors (Lipinski definition) is 1. The monoisotopic (exact) mass is 336 g/mol. The molecule has 104 valence electrons. The Morgan fingerprint density at radius 1 is 1.20 bits per heavy atom. The number of hydrogen-bond acceptors (Lipinski definition) is 3. The second-order valence-electron chi connectivity index (χ2n) is 4.09. The zero-order valence-electron chi connectivity index (χ0n) is 10.8. The van der Waals surface area contributed by atoms with Gasteiger partial charge in [-0.15, -0.1) is 0 Å². The van der Waals surface area contributed by atoms with Crippen molar-refractivity contribution in [3.05, 3.63) is 58.1 Å². The van der Waals surface area contributed by atoms with Crippen LogP contribution < -0.4 is 9.47 Å². The number of ether oxygens (including phenoxy) is 2. The van der Waals surface area contributed by atoms with E-state index in [0.717, 1.165) is 11.3 Å². The van der Waals surface area contributed by atoms with Crippen LogP contribution in [0.25, 0.3) is 0 Å². The fourth-order valence-electron chi connectivity index (χ4n) is 1.69. The minimum Gasteiger partial charge on any atom is -0.497 e. The number of benzene rings is 2. The van der Waals surface area contributed by atoms with Crippen molar-refractivity contribution < 1.29 is 19.4 Å². The lowest BCUT2D eigenvalue weighted by Crippen LogP contribution is -2.00. The summed E-state index contributed by atoms with van der Waals surface area (Å²) in [7, 11) is 1.60. The minimum atomic E-state index is -0.997. The van der Waals surface area contributed by atoms with Crippen molar-refractivity contribution in [1.29, 1.82) is 0 Å². The molecule has 0 heterocycles. The van der Waals surface area contributed by atoms with Gasteiger partial charge in [0.15, 0.2) is 0 Å². The SMILES string of the molecule is COc1cccc(COc2ccc(Br)c(C(=O)O)c2)c1. The predicted molar refractivity (Wildman–Crippen MR) is 78.4 cm³/mol. The Morgan fingerprint density at radius 3 is 2.70 bits per heavy atom. The normalized spacial score (nSPS) is 10.1. The van der Waals surface area contributed by atoms with Gasteiger partial charge in [0.05, 0.1) is 12.7 Å². The molecular formula is C15H13BrO4. The molecule has 0 radical (unpaired) electrons. The van der Waals surface area contributed by atoms with Gasteiger partial charge in [-0.05, 0) is 51.8 Å². The largest absolute Gasteiger partial charge is 0.497 e. The minimum absolute atomic E-state index is 0.174. The van der Waals surface area contributed by atoms with E-state index in [4.69, 9.17) is 14.6 Å². The van der Waals surface area contributed by atoms with Crippen LogP contribution in [0, 0.1) is 0 Å². The highest BCUT2D eigenvalue weighted by Crippen LogP contribution is 2.23. The molecule has 0 bridgehead atoms. The average Bonchev–Trinajstić information content (AvgIpc) is 2.46. The topological polar surface area (TPSA) is 55.8 Å². The van der Waals surface area contributed by atoms with Crippen LogP contribution in [0.15, 0.2) is 46.9 Å². The van der Waals surface area contributed by atoms with Crippen molar-refractivity contribution in [3.8, 4) is 11.5 Å². The highest BCUT2D eigenvalue weighted by atomic mass is 79.9. The lowest BCUT2D eigenvalue weighted by molar-refractivity contribution is 0.0695. The van der Waals surface area contributed by atoms with E-state index < -0.39 is 5.97 Å². The smallest absolute Gasteiger partial charge is 0.336 e. The number of aromatic carboxylic acids is 1. The molecule has 0 aliphatic carbocycles. The molecule has 0 aliphatic rings. The summed E-state index contributed by atoms with van der Waals surface area (Å²) in [4.78, 5) is 11.0. The van der Waals surface area contributed by atoms with Crippen LogP contribution in [0.1, 0.15) is 15.9 Å². The Kier molecular flexibility index (Phi) is 4.63. The number of carbonyl (C=O) groups is 1. The second-order valence-corrected chi connectivity index (χ2v) is 4.94. The second kappa shape index (κ2) is 6.43. The molecule has 0 aromatic heterocycles. The van der Waals surface area contributed by atoms with Crippen LogP contribution in [0.5, 0.6) is 11.5 Å². The molecule has 2 aromatic carbocycles. The van der Waals surface area contributed by atoms with Gasteiger partial charge in [-0.2, -0.15) is 0 Å². The molecule has 0 amide bonds. The zero-order chi connectivity index (χ0) is 14.5. The van der Waals surface area contributed by atoms with Gasteiger partial charge in [-0.25, -0.2) is 4.79 Å². The summed E-state index contributed by atoms with van der Waals surface area (Å²) in [6, 6.07) is 12.4. The zero-order valence-corrected chi connectivity index (χ0v) is 12.4. The van der Waals surface area contributed by atoms with E-state index in [-0.39, 0.29) is 5.56 Å². The molecule has 0 aliphatic heterocycles. The van der Waals surface area contributed by atoms with E-state index in [2.05, 4.69) is 15.9 Å². The Morgan fingerprint density at radius 2 is 2.00 bits per heavy atom. The summed E-state index contributed by atoms with van der Waals surface area (Å²) >= 11 is 3.19. The highest BCUT2D eigenvalue weighted by Gasteiger charge is 2.09. The number of rotatable bonds is 5. The summed E-state index contributed by atoms with van der Waals surface area (Å²) < 4.78 is 11.3. The van der Waals surface area contributed by atoms with Gasteiger partial charge < -0.3 is 14.6 Å². The van der Waals surface area contributed by atoms with E-state index >= 15 is 0 Å². The Labute approximate surface area is 125 Å². The van der Waals surface area contributed by atoms with Gasteiger partial charge in [0.25, 0.3) is 0 Å². The molecule has 0 saturated heterocycles. The molecule has 4 nitrogen and oxygen atoms in total. The van der Waals surface area contributed by atoms with Crippen LogP contribution in [-0.4, -0.2) is 18.2 Å². The summed E-state index contributed by atoms with van der Waals surface area (Å²) in [6.07, 6.45) is 0. The standard InChI is InChI=1S/C15H13BrO4/c1-19-11-4-2-3-10(7-11)9-20-12-5-6-14(16)13(8-12)15(17)18/h2-8H,9H2,1H3,(H,17,18). The summed E-state index contributed by atoms with van der Waals surface area (Å²) in [5.74, 6) is 0.269. The van der Waals surface area contributed by atoms with Gasteiger partial charge in [0.2, 0.25) is 0 Å². The third-order valence-electron chi connectivity index (χ3n) is 2.71. The van der Waals surface area contributed by atoms with Gasteiger partial charge in [0, 0.05) is 4.47 Å². The van der Waals surface area contributed by atoms with Crippen molar-refractivity contribution in [2.45, 2.75) is 6.61 Å². The average molecular weight is 337 g/mol. The van der Waals surface area contributed by atoms with E-state index in [0.29, 0.717) is 16.8 Å². The van der Waals surface area contributed by atoms with Crippen molar-refractivity contribution in [1.82, 2.24) is 0 Å². The highest BCUT2D eigenvalue weighted by molar-refractivity contribution is 9.10. The van der Waals surface area contributed by atoms with Gasteiger partial charge >= 0.3 is 5.97 Å². The van der Waals surface area contributed by atoms with Crippen molar-refractivity contribution in [2.75, 3.05) is 7.11 Å². The molecule has 2 rings (SSSR count). The van der Waals surface area contributed by atoms with Crippen LogP contribution >= 0.6 is 15.9 Å². The summed E-state index contributed by atoms with van der Waals surface area (Å²) in [5, 5.41) is 9.04. The Balaban J connectivity index is 2.10. The van der Waals surface area contributed by atoms with E-state index in [1.807, 2.05) is 24.3 Å². The van der Waals surface area contributed by atoms with Crippen molar-refractivity contribution in [2.24, 2.45) is 0 Å². The molecule has 0 spiro atoms. The fourth-order valence-corrected chi connectivity index (χ4v) is 2.10. The van der Waals surface area contributed by atoms with E-state index in [1.54, 1.807) is 19.2 Å². The van der Waals surface area contributed by atoms with E-state index in [1.165, 1.54) is 6.07 Å². The molecule has 20 heavy (non-hydrogen) atoms. The van der Waals surface area contributed by atoms with Gasteiger partial charge in [-0.3, -0.25) is 0 Å². The van der Waals surface area contributed by atoms with E-state index in [9.17, 15) is 4.79 Å². The molecule has 0 saturated carbocycles. The first-order valence-electron chi connectivity index (χ1n) is 5.88. The molecule has 0 unspecified atom stereocenters. The molecule has 5 heteroatoms. The first-order chi connectivity index (χ1) is 9.60. The number of halogens is 1. The lowest BCUT2D eigenvalue weighted by Gasteiger charge is -2.09. The molecule has 0 fully saturated rings. The van der Waals surface area contributed by atoms with Gasteiger partial charge in [-0.1, -0.05) is 12.1 Å². The third-order valence-corrected chi connectivity index (χ3v) is 3.40. The lowest BCUT2D eigenvalue weighted by atomic mass is 10.2. The van der Waals surface area contributed by atoms with Crippen molar-refractivity contribution >= 4 is 21.9 Å². The predicted octanol–water partition coefficient (Wildman–Crippen LogP) is 3.73. The first kappa shape index (κ1) is 14.4. The Hall–Kier alpha value is -2.01. The molecule has 2 aromatic rings. The molecular weight excluding hydrogens is 324 g/mol. The third kappa shape index (κ3) is 3.51. The summed E-state index contributed by atoms with van der Waals surface area (Å²) in [6.45, 7) is 0.345. The van der Waals surface area contributed by atoms with Crippen molar-refractivity contribution in [3.63, 3.8) is 0 Å². The maximum absolute atomic E-state index is 11.0. The number of carboxylic acid groups (broad SMARTS) is 1. The quantitative estimate of drug-likeness (QED) is 0.903. The van der Waals surface area contributed by atoms with Gasteiger partial charge in [0.1, 0.15) is 18.1 Å². The maximum atomic E-state index is 11.0. The van der Waals surface area contributed by atoms with Crippen LogP contribution in [0.2, 0.25) is 0 Å². The summed E-state index contributed by atoms with van der Waals surface area (Å²) in [5.41, 5.74) is 1.12. The Bertz CT molecular complexity index is 625. The molecule has 0 atom stereocenters. The van der Waals surface area contributed by atoms with Crippen LogP contribution in [0.3, 0.4) is 0 Å². The fraction of sp³-hybridized carbons (Fsp3) is 0.133. The number of methoxy groups -OCH3 is 1. The molecule has 1 N–H and O–H groups in total. The maximum Gasteiger partial charge on any atom is 0.336 e. The van der Waals surface area contributed by atoms with Crippen LogP contribution in [0.4, 0.5) is 0 Å². The number of carboxylic acids is 1. The first-order valence-corrected chi connectivity index (χ1v) is 6.68. The van der Waals surface area contributed by atoms with Crippen LogP contribution in [-0.2, 0) is 6.61 Å².